The van der Waals surface area contributed by atoms with E-state index in [9.17, 15) is 14.4 Å². The second-order valence-electron chi connectivity index (χ2n) is 7.52. The molecule has 0 aliphatic carbocycles. The predicted molar refractivity (Wildman–Crippen MR) is 129 cm³/mol. The molecule has 4 amide bonds. The Bertz CT molecular complexity index is 1270. The summed E-state index contributed by atoms with van der Waals surface area (Å²) in [4.78, 5) is 38.7. The smallest absolute Gasteiger partial charge is 0.335 e. The Labute approximate surface area is 201 Å². The lowest BCUT2D eigenvalue weighted by Crippen LogP contribution is -2.54. The van der Waals surface area contributed by atoms with Crippen molar-refractivity contribution in [3.8, 4) is 11.5 Å². The summed E-state index contributed by atoms with van der Waals surface area (Å²) in [5.41, 5.74) is 1.64. The molecule has 172 valence electrons. The van der Waals surface area contributed by atoms with E-state index in [1.807, 2.05) is 37.3 Å². The molecule has 4 rings (SSSR count). The van der Waals surface area contributed by atoms with Crippen molar-refractivity contribution in [2.75, 3.05) is 12.0 Å². The second-order valence-corrected chi connectivity index (χ2v) is 7.95. The molecule has 0 saturated carbocycles. The SMILES string of the molecule is COc1cc(/C=C2/C(=O)NC(=O)N(c3ccc(Cl)cc3)C2=O)ccc1O[C@H](C)c1ccccc1. The van der Waals surface area contributed by atoms with Crippen molar-refractivity contribution in [3.63, 3.8) is 0 Å². The number of halogens is 1. The zero-order chi connectivity index (χ0) is 24.2. The molecule has 1 aliphatic rings. The van der Waals surface area contributed by atoms with Crippen LogP contribution >= 0.6 is 11.6 Å². The van der Waals surface area contributed by atoms with Crippen LogP contribution in [0, 0.1) is 0 Å². The Morgan fingerprint density at radius 3 is 2.32 bits per heavy atom. The van der Waals surface area contributed by atoms with Crippen molar-refractivity contribution in [1.29, 1.82) is 0 Å². The third-order valence-corrected chi connectivity index (χ3v) is 5.51. The van der Waals surface area contributed by atoms with Gasteiger partial charge in [0.25, 0.3) is 11.8 Å². The van der Waals surface area contributed by atoms with Gasteiger partial charge in [-0.1, -0.05) is 48.0 Å². The van der Waals surface area contributed by atoms with E-state index in [1.54, 1.807) is 30.3 Å². The Kier molecular flexibility index (Phi) is 6.65. The van der Waals surface area contributed by atoms with Crippen LogP contribution in [0.25, 0.3) is 6.08 Å². The number of anilines is 1. The molecule has 8 heteroatoms. The maximum atomic E-state index is 13.0. The van der Waals surface area contributed by atoms with Gasteiger partial charge in [-0.05, 0) is 60.5 Å². The van der Waals surface area contributed by atoms with Gasteiger partial charge < -0.3 is 9.47 Å². The second kappa shape index (κ2) is 9.80. The molecule has 0 unspecified atom stereocenters. The van der Waals surface area contributed by atoms with Crippen molar-refractivity contribution in [2.45, 2.75) is 13.0 Å². The van der Waals surface area contributed by atoms with Gasteiger partial charge in [0.05, 0.1) is 12.8 Å². The van der Waals surface area contributed by atoms with Crippen molar-refractivity contribution in [2.24, 2.45) is 0 Å². The zero-order valence-electron chi connectivity index (χ0n) is 18.4. The van der Waals surface area contributed by atoms with Crippen LogP contribution < -0.4 is 19.7 Å². The number of benzene rings is 3. The number of ether oxygens (including phenoxy) is 2. The first kappa shape index (κ1) is 23.1. The molecule has 7 nitrogen and oxygen atoms in total. The molecule has 1 atom stereocenters. The van der Waals surface area contributed by atoms with E-state index < -0.39 is 17.8 Å². The molecule has 0 aromatic heterocycles. The van der Waals surface area contributed by atoms with Crippen molar-refractivity contribution < 1.29 is 23.9 Å². The molecular formula is C26H21ClN2O5. The molecule has 3 aromatic carbocycles. The van der Waals surface area contributed by atoms with Crippen molar-refractivity contribution in [1.82, 2.24) is 5.32 Å². The van der Waals surface area contributed by atoms with Gasteiger partial charge in [-0.3, -0.25) is 14.9 Å². The first-order chi connectivity index (χ1) is 16.4. The number of hydrogen-bond acceptors (Lipinski definition) is 5. The minimum atomic E-state index is -0.828. The number of nitrogens with one attached hydrogen (secondary N) is 1. The lowest BCUT2D eigenvalue weighted by Gasteiger charge is -2.26. The summed E-state index contributed by atoms with van der Waals surface area (Å²) in [5, 5.41) is 2.65. The maximum absolute atomic E-state index is 13.0. The summed E-state index contributed by atoms with van der Waals surface area (Å²) in [6, 6.07) is 20.1. The molecule has 3 aromatic rings. The fourth-order valence-electron chi connectivity index (χ4n) is 3.50. The number of rotatable bonds is 6. The van der Waals surface area contributed by atoms with Gasteiger partial charge in [-0.25, -0.2) is 9.69 Å². The quantitative estimate of drug-likeness (QED) is 0.392. The van der Waals surface area contributed by atoms with Gasteiger partial charge in [0.1, 0.15) is 11.7 Å². The van der Waals surface area contributed by atoms with Crippen molar-refractivity contribution in [3.05, 3.63) is 94.5 Å². The molecule has 0 radical (unpaired) electrons. The van der Waals surface area contributed by atoms with Crippen LogP contribution in [0.4, 0.5) is 10.5 Å². The van der Waals surface area contributed by atoms with Crippen LogP contribution in [-0.4, -0.2) is 25.0 Å². The zero-order valence-corrected chi connectivity index (χ0v) is 19.2. The van der Waals surface area contributed by atoms with E-state index in [1.165, 1.54) is 25.3 Å². The number of urea groups is 1. The Morgan fingerprint density at radius 2 is 1.65 bits per heavy atom. The fourth-order valence-corrected chi connectivity index (χ4v) is 3.63. The fraction of sp³-hybridized carbons (Fsp3) is 0.115. The Morgan fingerprint density at radius 1 is 0.941 bits per heavy atom. The molecule has 1 fully saturated rings. The highest BCUT2D eigenvalue weighted by Crippen LogP contribution is 2.33. The predicted octanol–water partition coefficient (Wildman–Crippen LogP) is 5.16. The molecule has 0 bridgehead atoms. The van der Waals surface area contributed by atoms with E-state index in [0.29, 0.717) is 27.8 Å². The van der Waals surface area contributed by atoms with Crippen LogP contribution in [-0.2, 0) is 9.59 Å². The van der Waals surface area contributed by atoms with E-state index in [0.717, 1.165) is 10.5 Å². The Hall–Kier alpha value is -4.10. The molecular weight excluding hydrogens is 456 g/mol. The van der Waals surface area contributed by atoms with E-state index in [2.05, 4.69) is 5.32 Å². The van der Waals surface area contributed by atoms with E-state index in [4.69, 9.17) is 21.1 Å². The van der Waals surface area contributed by atoms with Gasteiger partial charge in [0.2, 0.25) is 0 Å². The summed E-state index contributed by atoms with van der Waals surface area (Å²) in [7, 11) is 1.51. The van der Waals surface area contributed by atoms with Gasteiger partial charge >= 0.3 is 6.03 Å². The highest BCUT2D eigenvalue weighted by molar-refractivity contribution is 6.39. The number of nitrogens with zero attached hydrogens (tertiary/aromatic N) is 1. The first-order valence-electron chi connectivity index (χ1n) is 10.4. The average molecular weight is 477 g/mol. The van der Waals surface area contributed by atoms with Gasteiger partial charge in [0, 0.05) is 5.02 Å². The lowest BCUT2D eigenvalue weighted by molar-refractivity contribution is -0.122. The van der Waals surface area contributed by atoms with Gasteiger partial charge in [-0.15, -0.1) is 0 Å². The summed E-state index contributed by atoms with van der Waals surface area (Å²) < 4.78 is 11.5. The minimum Gasteiger partial charge on any atom is -0.493 e. The number of barbiturate groups is 1. The summed E-state index contributed by atoms with van der Waals surface area (Å²) in [5.74, 6) is -0.574. The first-order valence-corrected chi connectivity index (χ1v) is 10.8. The number of hydrogen-bond donors (Lipinski definition) is 1. The molecule has 0 spiro atoms. The standard InChI is InChI=1S/C26H21ClN2O5/c1-16(18-6-4-3-5-7-18)34-22-13-8-17(15-23(22)33-2)14-21-24(30)28-26(32)29(25(21)31)20-11-9-19(27)10-12-20/h3-16H,1-2H3,(H,28,30,32)/b21-14-/t16-/m1/s1. The summed E-state index contributed by atoms with van der Waals surface area (Å²) in [6.45, 7) is 1.93. The molecule has 1 N–H and O–H groups in total. The normalized spacial score (nSPS) is 15.8. The topological polar surface area (TPSA) is 84.9 Å². The van der Waals surface area contributed by atoms with Crippen LogP contribution in [0.2, 0.25) is 5.02 Å². The summed E-state index contributed by atoms with van der Waals surface area (Å²) in [6.07, 6.45) is 1.18. The van der Waals surface area contributed by atoms with E-state index in [-0.39, 0.29) is 11.7 Å². The largest absolute Gasteiger partial charge is 0.493 e. The Balaban J connectivity index is 1.62. The van der Waals surface area contributed by atoms with Crippen molar-refractivity contribution >= 4 is 41.2 Å². The third-order valence-electron chi connectivity index (χ3n) is 5.26. The molecule has 1 saturated heterocycles. The highest BCUT2D eigenvalue weighted by atomic mass is 35.5. The minimum absolute atomic E-state index is 0.192. The maximum Gasteiger partial charge on any atom is 0.335 e. The lowest BCUT2D eigenvalue weighted by atomic mass is 10.1. The number of amides is 4. The molecule has 34 heavy (non-hydrogen) atoms. The molecule has 1 aliphatic heterocycles. The van der Waals surface area contributed by atoms with Gasteiger partial charge in [0.15, 0.2) is 11.5 Å². The number of imide groups is 2. The average Bonchev–Trinajstić information content (AvgIpc) is 2.84. The number of methoxy groups -OCH3 is 1. The molecule has 1 heterocycles. The van der Waals surface area contributed by atoms with Crippen LogP contribution in [0.3, 0.4) is 0 Å². The highest BCUT2D eigenvalue weighted by Gasteiger charge is 2.36. The monoisotopic (exact) mass is 476 g/mol. The number of carbonyl (C=O) groups is 3. The summed E-state index contributed by atoms with van der Waals surface area (Å²) >= 11 is 5.90. The van der Waals surface area contributed by atoms with Gasteiger partial charge in [-0.2, -0.15) is 0 Å². The number of carbonyl (C=O) groups excluding carboxylic acids is 3. The van der Waals surface area contributed by atoms with E-state index >= 15 is 0 Å². The third kappa shape index (κ3) is 4.79. The van der Waals surface area contributed by atoms with Crippen LogP contribution in [0.1, 0.15) is 24.2 Å². The van der Waals surface area contributed by atoms with Crippen LogP contribution in [0.5, 0.6) is 11.5 Å². The van der Waals surface area contributed by atoms with Crippen LogP contribution in [0.15, 0.2) is 78.4 Å².